The smallest absolute Gasteiger partial charge is 0.330 e. The van der Waals surface area contributed by atoms with E-state index in [1.807, 2.05) is 0 Å². The number of phenols is 2. The van der Waals surface area contributed by atoms with Gasteiger partial charge in [0.1, 0.15) is 55.4 Å². The minimum absolute atomic E-state index is 0.186. The van der Waals surface area contributed by atoms with Gasteiger partial charge in [0.05, 0.1) is 6.61 Å². The van der Waals surface area contributed by atoms with Crippen LogP contribution < -0.4 is 9.47 Å². The highest BCUT2D eigenvalue weighted by Crippen LogP contribution is 2.33. The van der Waals surface area contributed by atoms with E-state index in [0.717, 1.165) is 12.2 Å². The fraction of sp³-hybridized carbons (Fsp3) is 0.400. The first-order valence-corrected chi connectivity index (χ1v) is 14.0. The van der Waals surface area contributed by atoms with Gasteiger partial charge in [0, 0.05) is 12.2 Å². The lowest BCUT2D eigenvalue weighted by Crippen LogP contribution is -2.60. The molecule has 2 heterocycles. The number of carbonyl (C=O) groups excluding carboxylic acids is 1. The van der Waals surface area contributed by atoms with Gasteiger partial charge in [-0.15, -0.1) is 0 Å². The van der Waals surface area contributed by atoms with Gasteiger partial charge in [-0.2, -0.15) is 0 Å². The van der Waals surface area contributed by atoms with Crippen LogP contribution in [0.3, 0.4) is 0 Å². The Hall–Kier alpha value is -4.30. The van der Waals surface area contributed by atoms with Crippen LogP contribution >= 0.6 is 0 Å². The second-order valence-corrected chi connectivity index (χ2v) is 10.5. The summed E-state index contributed by atoms with van der Waals surface area (Å²) in [4.78, 5) is 23.1. The molecule has 2 aromatic carbocycles. The van der Waals surface area contributed by atoms with Crippen LogP contribution in [0.2, 0.25) is 0 Å². The Bertz CT molecular complexity index is 1460. The van der Waals surface area contributed by atoms with E-state index >= 15 is 0 Å². The third-order valence-electron chi connectivity index (χ3n) is 7.19. The van der Waals surface area contributed by atoms with Gasteiger partial charge < -0.3 is 74.7 Å². The largest absolute Gasteiger partial charge is 0.504 e. The van der Waals surface area contributed by atoms with Crippen LogP contribution in [0.5, 0.6) is 23.0 Å². The molecule has 17 heteroatoms. The number of phenolic OH excluding ortho intramolecular Hbond substituents is 2. The molecule has 47 heavy (non-hydrogen) atoms. The van der Waals surface area contributed by atoms with E-state index < -0.39 is 98.1 Å². The molecule has 256 valence electrons. The van der Waals surface area contributed by atoms with Gasteiger partial charge in [0.25, 0.3) is 0 Å². The zero-order valence-electron chi connectivity index (χ0n) is 24.3. The van der Waals surface area contributed by atoms with Crippen LogP contribution in [0.4, 0.5) is 0 Å². The average Bonchev–Trinajstić information content (AvgIpc) is 3.04. The molecule has 2 fully saturated rings. The number of rotatable bonds is 11. The molecule has 0 saturated carbocycles. The summed E-state index contributed by atoms with van der Waals surface area (Å²) in [6, 6.07) is 7.69. The van der Waals surface area contributed by atoms with Crippen LogP contribution in [-0.2, 0) is 23.8 Å². The number of esters is 1. The van der Waals surface area contributed by atoms with Crippen LogP contribution in [0.25, 0.3) is 12.2 Å². The SMILES string of the molecule is O=C(O)C=Cc1ccc(OC2OC(COC(=O)C=Cc3ccc(OC4OC(CO)C(O)C(O)C4O)c(O)c3)C(O)C(O)C2O)c(O)c1. The van der Waals surface area contributed by atoms with Crippen molar-refractivity contribution in [3.63, 3.8) is 0 Å². The Morgan fingerprint density at radius 2 is 1.15 bits per heavy atom. The molecule has 2 saturated heterocycles. The molecule has 0 aromatic heterocycles. The van der Waals surface area contributed by atoms with Crippen molar-refractivity contribution in [1.82, 2.24) is 0 Å². The summed E-state index contributed by atoms with van der Waals surface area (Å²) in [5, 5.41) is 99.5. The highest BCUT2D eigenvalue weighted by atomic mass is 16.7. The average molecular weight is 667 g/mol. The number of aliphatic hydroxyl groups excluding tert-OH is 7. The van der Waals surface area contributed by atoms with Crippen molar-refractivity contribution in [1.29, 1.82) is 0 Å². The molecule has 4 rings (SSSR count). The summed E-state index contributed by atoms with van der Waals surface area (Å²) >= 11 is 0. The minimum atomic E-state index is -1.79. The predicted octanol–water partition coefficient (Wildman–Crippen LogP) is -2.18. The van der Waals surface area contributed by atoms with E-state index in [-0.39, 0.29) is 17.1 Å². The van der Waals surface area contributed by atoms with Gasteiger partial charge in [-0.25, -0.2) is 9.59 Å². The molecule has 0 aliphatic carbocycles. The Labute approximate surface area is 265 Å². The van der Waals surface area contributed by atoms with Crippen molar-refractivity contribution < 1.29 is 84.3 Å². The Morgan fingerprint density at radius 3 is 1.62 bits per heavy atom. The second kappa shape index (κ2) is 15.5. The number of hydrogen-bond donors (Lipinski definition) is 10. The number of carboxylic acid groups (broad SMARTS) is 1. The lowest BCUT2D eigenvalue weighted by molar-refractivity contribution is -0.278. The van der Waals surface area contributed by atoms with Crippen molar-refractivity contribution in [2.24, 2.45) is 0 Å². The summed E-state index contributed by atoms with van der Waals surface area (Å²) in [5.41, 5.74) is 0.606. The minimum Gasteiger partial charge on any atom is -0.504 e. The molecular weight excluding hydrogens is 632 g/mol. The maximum Gasteiger partial charge on any atom is 0.330 e. The summed E-state index contributed by atoms with van der Waals surface area (Å²) in [6.45, 7) is -1.27. The Morgan fingerprint density at radius 1 is 0.681 bits per heavy atom. The lowest BCUT2D eigenvalue weighted by atomic mass is 9.99. The normalized spacial score (nSPS) is 31.1. The quantitative estimate of drug-likeness (QED) is 0.0901. The number of ether oxygens (including phenoxy) is 5. The third kappa shape index (κ3) is 8.74. The molecule has 0 spiro atoms. The van der Waals surface area contributed by atoms with Gasteiger partial charge in [0.15, 0.2) is 23.0 Å². The van der Waals surface area contributed by atoms with E-state index in [9.17, 15) is 55.5 Å². The van der Waals surface area contributed by atoms with Crippen molar-refractivity contribution in [2.75, 3.05) is 13.2 Å². The molecule has 0 amide bonds. The van der Waals surface area contributed by atoms with Crippen molar-refractivity contribution in [2.45, 2.75) is 61.4 Å². The first kappa shape index (κ1) is 35.6. The number of benzene rings is 2. The summed E-state index contributed by atoms with van der Waals surface area (Å²) in [5.74, 6) is -3.41. The Kier molecular flexibility index (Phi) is 11.7. The molecule has 10 unspecified atom stereocenters. The highest BCUT2D eigenvalue weighted by molar-refractivity contribution is 5.87. The third-order valence-corrected chi connectivity index (χ3v) is 7.19. The molecule has 2 aliphatic rings. The number of aliphatic hydroxyl groups is 7. The molecular formula is C30H34O17. The van der Waals surface area contributed by atoms with Crippen molar-refractivity contribution in [3.8, 4) is 23.0 Å². The maximum atomic E-state index is 12.4. The van der Waals surface area contributed by atoms with Crippen molar-refractivity contribution in [3.05, 3.63) is 59.7 Å². The topological polar surface area (TPSA) is 283 Å². The molecule has 2 aliphatic heterocycles. The van der Waals surface area contributed by atoms with Crippen LogP contribution in [0.1, 0.15) is 11.1 Å². The van der Waals surface area contributed by atoms with E-state index in [0.29, 0.717) is 5.56 Å². The number of aliphatic carboxylic acids is 1. The number of aromatic hydroxyl groups is 2. The van der Waals surface area contributed by atoms with Crippen LogP contribution in [-0.4, -0.2) is 138 Å². The first-order chi connectivity index (χ1) is 22.3. The van der Waals surface area contributed by atoms with Gasteiger partial charge in [-0.3, -0.25) is 0 Å². The zero-order chi connectivity index (χ0) is 34.4. The molecule has 0 bridgehead atoms. The Balaban J connectivity index is 1.33. The number of carboxylic acids is 1. The van der Waals surface area contributed by atoms with E-state index in [4.69, 9.17) is 28.8 Å². The van der Waals surface area contributed by atoms with Gasteiger partial charge >= 0.3 is 11.9 Å². The number of carbonyl (C=O) groups is 2. The highest BCUT2D eigenvalue weighted by Gasteiger charge is 2.46. The van der Waals surface area contributed by atoms with E-state index in [2.05, 4.69) is 0 Å². The summed E-state index contributed by atoms with van der Waals surface area (Å²) < 4.78 is 26.7. The van der Waals surface area contributed by atoms with Crippen LogP contribution in [0.15, 0.2) is 48.6 Å². The monoisotopic (exact) mass is 666 g/mol. The zero-order valence-corrected chi connectivity index (χ0v) is 24.3. The molecule has 10 N–H and O–H groups in total. The first-order valence-electron chi connectivity index (χ1n) is 14.0. The van der Waals surface area contributed by atoms with Crippen LogP contribution in [0, 0.1) is 0 Å². The van der Waals surface area contributed by atoms with Crippen molar-refractivity contribution >= 4 is 24.1 Å². The molecule has 17 nitrogen and oxygen atoms in total. The maximum absolute atomic E-state index is 12.4. The summed E-state index contributed by atoms with van der Waals surface area (Å²) in [7, 11) is 0. The summed E-state index contributed by atoms with van der Waals surface area (Å²) in [6.07, 6.45) is -11.7. The van der Waals surface area contributed by atoms with Gasteiger partial charge in [-0.1, -0.05) is 12.1 Å². The van der Waals surface area contributed by atoms with Gasteiger partial charge in [-0.05, 0) is 47.5 Å². The van der Waals surface area contributed by atoms with E-state index in [1.165, 1.54) is 48.6 Å². The standard InChI is InChI=1S/C30H34O17/c31-11-19-23(37)25(39)27(41)29(46-19)44-17-6-2-14(10-16(17)33)4-8-22(36)43-12-20-24(38)26(40)28(42)30(47-20)45-18-5-1-13(9-15(18)32)3-7-21(34)35/h1-10,19-20,23-33,37-42H,11-12H2,(H,34,35). The predicted molar refractivity (Wildman–Crippen MR) is 155 cm³/mol. The molecule has 0 radical (unpaired) electrons. The van der Waals surface area contributed by atoms with Gasteiger partial charge in [0.2, 0.25) is 12.6 Å². The fourth-order valence-electron chi connectivity index (χ4n) is 4.59. The number of hydrogen-bond acceptors (Lipinski definition) is 16. The fourth-order valence-corrected chi connectivity index (χ4v) is 4.59. The lowest BCUT2D eigenvalue weighted by Gasteiger charge is -2.39. The molecule has 2 aromatic rings. The molecule has 10 atom stereocenters. The van der Waals surface area contributed by atoms with E-state index in [1.54, 1.807) is 0 Å². The second-order valence-electron chi connectivity index (χ2n) is 10.5.